The number of hydrogen-bond donors (Lipinski definition) is 1. The van der Waals surface area contributed by atoms with Crippen LogP contribution in [0.1, 0.15) is 201 Å². The van der Waals surface area contributed by atoms with Gasteiger partial charge in [-0.3, -0.25) is 4.79 Å². The quantitative estimate of drug-likeness (QED) is 0.0979. The summed E-state index contributed by atoms with van der Waals surface area (Å²) in [5, 5.41) is 9.93. The van der Waals surface area contributed by atoms with Gasteiger partial charge in [-0.25, -0.2) is 0 Å². The normalized spacial score (nSPS) is 13.2. The highest BCUT2D eigenvalue weighted by Gasteiger charge is 2.22. The molecule has 0 saturated carbocycles. The van der Waals surface area contributed by atoms with Crippen molar-refractivity contribution in [1.82, 2.24) is 0 Å². The van der Waals surface area contributed by atoms with Crippen LogP contribution in [-0.2, 0) is 4.79 Å². The molecule has 0 aromatic rings. The minimum atomic E-state index is -0.534. The van der Waals surface area contributed by atoms with E-state index in [1.807, 2.05) is 0 Å². The maximum Gasteiger partial charge on any atom is 0.306 e. The van der Waals surface area contributed by atoms with Gasteiger partial charge in [0.05, 0.1) is 5.92 Å². The van der Waals surface area contributed by atoms with Crippen LogP contribution in [0.3, 0.4) is 0 Å². The third kappa shape index (κ3) is 25.1. The average Bonchev–Trinajstić information content (AvgIpc) is 2.87. The summed E-state index contributed by atoms with van der Waals surface area (Å²) in [6.45, 7) is 6.83. The molecule has 0 heterocycles. The third-order valence-electron chi connectivity index (χ3n) is 8.31. The molecule has 2 atom stereocenters. The van der Waals surface area contributed by atoms with Gasteiger partial charge in [-0.1, -0.05) is 188 Å². The number of aliphatic carboxylic acids is 1. The molecule has 0 bridgehead atoms. The zero-order valence-corrected chi connectivity index (χ0v) is 25.3. The van der Waals surface area contributed by atoms with Crippen molar-refractivity contribution in [3.63, 3.8) is 0 Å². The Balaban J connectivity index is 4.16. The molecule has 216 valence electrons. The second-order valence-corrected chi connectivity index (χ2v) is 11.9. The van der Waals surface area contributed by atoms with Crippen molar-refractivity contribution in [3.8, 4) is 0 Å². The lowest BCUT2D eigenvalue weighted by Gasteiger charge is -2.21. The van der Waals surface area contributed by atoms with Crippen LogP contribution in [-0.4, -0.2) is 11.1 Å². The summed E-state index contributed by atoms with van der Waals surface area (Å²) in [5.74, 6) is -0.0207. The molecule has 0 saturated heterocycles. The van der Waals surface area contributed by atoms with E-state index in [1.165, 1.54) is 161 Å². The Bertz CT molecular complexity index is 433. The molecule has 0 aliphatic rings. The van der Waals surface area contributed by atoms with Crippen molar-refractivity contribution in [3.05, 3.63) is 0 Å². The Labute approximate surface area is 228 Å². The molecule has 0 aliphatic heterocycles. The molecular formula is C34H68O2. The van der Waals surface area contributed by atoms with Crippen molar-refractivity contribution in [2.45, 2.75) is 201 Å². The largest absolute Gasteiger partial charge is 0.481 e. The highest BCUT2D eigenvalue weighted by molar-refractivity contribution is 5.69. The smallest absolute Gasteiger partial charge is 0.306 e. The van der Waals surface area contributed by atoms with E-state index in [9.17, 15) is 9.90 Å². The summed E-state index contributed by atoms with van der Waals surface area (Å²) in [6, 6.07) is 0. The Morgan fingerprint density at radius 2 is 0.722 bits per heavy atom. The van der Waals surface area contributed by atoms with Crippen LogP contribution in [0, 0.1) is 11.8 Å². The van der Waals surface area contributed by atoms with E-state index in [2.05, 4.69) is 20.8 Å². The SMILES string of the molecule is CCCCCCCCCCCCCCC(CC(CCCCCCC)CCCCCCCCC)C(=O)O. The number of hydrogen-bond acceptors (Lipinski definition) is 1. The van der Waals surface area contributed by atoms with Crippen molar-refractivity contribution in [2.75, 3.05) is 0 Å². The van der Waals surface area contributed by atoms with Crippen LogP contribution in [0.15, 0.2) is 0 Å². The topological polar surface area (TPSA) is 37.3 Å². The summed E-state index contributed by atoms with van der Waals surface area (Å²) < 4.78 is 0. The second-order valence-electron chi connectivity index (χ2n) is 11.9. The fourth-order valence-electron chi connectivity index (χ4n) is 5.78. The van der Waals surface area contributed by atoms with Crippen molar-refractivity contribution in [2.24, 2.45) is 11.8 Å². The first-order valence-electron chi connectivity index (χ1n) is 16.9. The van der Waals surface area contributed by atoms with Gasteiger partial charge >= 0.3 is 5.97 Å². The molecule has 0 aromatic carbocycles. The Morgan fingerprint density at radius 3 is 1.03 bits per heavy atom. The molecule has 2 heteroatoms. The molecule has 0 aromatic heterocycles. The minimum absolute atomic E-state index is 0.113. The number of carboxylic acid groups (broad SMARTS) is 1. The van der Waals surface area contributed by atoms with E-state index in [0.717, 1.165) is 19.3 Å². The zero-order valence-electron chi connectivity index (χ0n) is 25.3. The zero-order chi connectivity index (χ0) is 26.5. The predicted octanol–water partition coefficient (Wildman–Crippen LogP) is 12.3. The van der Waals surface area contributed by atoms with Gasteiger partial charge in [-0.2, -0.15) is 0 Å². The molecular weight excluding hydrogens is 440 g/mol. The number of rotatable bonds is 30. The number of carbonyl (C=O) groups is 1. The number of carboxylic acids is 1. The van der Waals surface area contributed by atoms with Crippen LogP contribution in [0.4, 0.5) is 0 Å². The monoisotopic (exact) mass is 509 g/mol. The molecule has 0 spiro atoms. The second kappa shape index (κ2) is 29.0. The van der Waals surface area contributed by atoms with E-state index in [4.69, 9.17) is 0 Å². The van der Waals surface area contributed by atoms with Crippen LogP contribution in [0.2, 0.25) is 0 Å². The van der Waals surface area contributed by atoms with Crippen molar-refractivity contribution < 1.29 is 9.90 Å². The van der Waals surface area contributed by atoms with Crippen molar-refractivity contribution in [1.29, 1.82) is 0 Å². The standard InChI is InChI=1S/C34H68O2/c1-4-7-10-13-15-16-17-18-19-21-24-27-30-33(34(35)36)31-32(28-25-22-12-9-6-3)29-26-23-20-14-11-8-5-2/h32-33H,4-31H2,1-3H3,(H,35,36). The van der Waals surface area contributed by atoms with Gasteiger partial charge in [0.25, 0.3) is 0 Å². The van der Waals surface area contributed by atoms with E-state index >= 15 is 0 Å². The van der Waals surface area contributed by atoms with Crippen LogP contribution >= 0.6 is 0 Å². The molecule has 2 nitrogen and oxygen atoms in total. The highest BCUT2D eigenvalue weighted by Crippen LogP contribution is 2.28. The Hall–Kier alpha value is -0.530. The summed E-state index contributed by atoms with van der Waals surface area (Å²) in [6.07, 6.45) is 36.5. The lowest BCUT2D eigenvalue weighted by molar-refractivity contribution is -0.142. The molecule has 36 heavy (non-hydrogen) atoms. The summed E-state index contributed by atoms with van der Waals surface area (Å²) in [7, 11) is 0. The highest BCUT2D eigenvalue weighted by atomic mass is 16.4. The van der Waals surface area contributed by atoms with Gasteiger partial charge in [0, 0.05) is 0 Å². The average molecular weight is 509 g/mol. The van der Waals surface area contributed by atoms with Gasteiger partial charge < -0.3 is 5.11 Å². The third-order valence-corrected chi connectivity index (χ3v) is 8.31. The van der Waals surface area contributed by atoms with E-state index in [-0.39, 0.29) is 5.92 Å². The summed E-state index contributed by atoms with van der Waals surface area (Å²) in [4.78, 5) is 12.1. The maximum atomic E-state index is 12.1. The maximum absolute atomic E-state index is 12.1. The number of unbranched alkanes of at least 4 members (excludes halogenated alkanes) is 21. The molecule has 2 unspecified atom stereocenters. The van der Waals surface area contributed by atoms with Gasteiger partial charge in [0.2, 0.25) is 0 Å². The first-order valence-corrected chi connectivity index (χ1v) is 16.9. The first-order chi connectivity index (χ1) is 17.7. The van der Waals surface area contributed by atoms with E-state index in [0.29, 0.717) is 5.92 Å². The fraction of sp³-hybridized carbons (Fsp3) is 0.971. The fourth-order valence-corrected chi connectivity index (χ4v) is 5.78. The molecule has 0 fully saturated rings. The lowest BCUT2D eigenvalue weighted by atomic mass is 9.84. The lowest BCUT2D eigenvalue weighted by Crippen LogP contribution is -2.18. The molecule has 0 rings (SSSR count). The van der Waals surface area contributed by atoms with Gasteiger partial charge in [-0.05, 0) is 18.8 Å². The first kappa shape index (κ1) is 35.5. The Kier molecular flexibility index (Phi) is 28.6. The van der Waals surface area contributed by atoms with Crippen LogP contribution in [0.5, 0.6) is 0 Å². The van der Waals surface area contributed by atoms with Crippen molar-refractivity contribution >= 4 is 5.97 Å². The minimum Gasteiger partial charge on any atom is -0.481 e. The van der Waals surface area contributed by atoms with Crippen LogP contribution < -0.4 is 0 Å². The van der Waals surface area contributed by atoms with E-state index in [1.54, 1.807) is 0 Å². The van der Waals surface area contributed by atoms with Crippen LogP contribution in [0.25, 0.3) is 0 Å². The molecule has 1 N–H and O–H groups in total. The summed E-state index contributed by atoms with van der Waals surface area (Å²) >= 11 is 0. The van der Waals surface area contributed by atoms with E-state index < -0.39 is 5.97 Å². The summed E-state index contributed by atoms with van der Waals surface area (Å²) in [5.41, 5.74) is 0. The molecule has 0 amide bonds. The van der Waals surface area contributed by atoms with Gasteiger partial charge in [-0.15, -0.1) is 0 Å². The molecule has 0 radical (unpaired) electrons. The predicted molar refractivity (Wildman–Crippen MR) is 161 cm³/mol. The molecule has 0 aliphatic carbocycles. The Morgan fingerprint density at radius 1 is 0.444 bits per heavy atom. The van der Waals surface area contributed by atoms with Gasteiger partial charge in [0.1, 0.15) is 0 Å². The van der Waals surface area contributed by atoms with Gasteiger partial charge in [0.15, 0.2) is 0 Å².